The summed E-state index contributed by atoms with van der Waals surface area (Å²) in [7, 11) is 0. The molecule has 5 rings (SSSR count). The van der Waals surface area contributed by atoms with Gasteiger partial charge < -0.3 is 15.5 Å². The Bertz CT molecular complexity index is 1120. The van der Waals surface area contributed by atoms with E-state index >= 15 is 0 Å². The van der Waals surface area contributed by atoms with Gasteiger partial charge in [0, 0.05) is 54.9 Å². The lowest BCUT2D eigenvalue weighted by atomic mass is 10.1. The molecule has 0 saturated carbocycles. The van der Waals surface area contributed by atoms with Crippen molar-refractivity contribution in [2.75, 3.05) is 43.4 Å². The summed E-state index contributed by atoms with van der Waals surface area (Å²) in [5, 5.41) is 1.60. The third kappa shape index (κ3) is 4.16. The molecule has 0 spiro atoms. The van der Waals surface area contributed by atoms with Gasteiger partial charge in [0.25, 0.3) is 0 Å². The van der Waals surface area contributed by atoms with Gasteiger partial charge in [-0.3, -0.25) is 9.69 Å². The maximum absolute atomic E-state index is 12.9. The van der Waals surface area contributed by atoms with Gasteiger partial charge in [0.05, 0.1) is 12.1 Å². The first-order valence-corrected chi connectivity index (χ1v) is 11.0. The van der Waals surface area contributed by atoms with Gasteiger partial charge in [-0.05, 0) is 42.3 Å². The van der Waals surface area contributed by atoms with Crippen LogP contribution in [0.3, 0.4) is 0 Å². The second-order valence-corrected chi connectivity index (χ2v) is 8.70. The van der Waals surface area contributed by atoms with Crippen LogP contribution in [0.2, 0.25) is 5.02 Å². The van der Waals surface area contributed by atoms with Crippen molar-refractivity contribution in [3.05, 3.63) is 59.4 Å². The molecule has 0 radical (unpaired) electrons. The van der Waals surface area contributed by atoms with Crippen LogP contribution in [0, 0.1) is 0 Å². The van der Waals surface area contributed by atoms with E-state index in [2.05, 4.69) is 25.8 Å². The average Bonchev–Trinajstić information content (AvgIpc) is 3.26. The molecular weight excluding hydrogens is 412 g/mol. The lowest BCUT2D eigenvalue weighted by molar-refractivity contribution is -0.137. The van der Waals surface area contributed by atoms with E-state index in [0.717, 1.165) is 59.8 Å². The predicted octanol–water partition coefficient (Wildman–Crippen LogP) is 2.79. The number of hydrogen-bond donors (Lipinski definition) is 1. The Balaban J connectivity index is 1.20. The standard InChI is InChI=1S/C23H25ClN6O/c24-17-2-1-3-18(11-17)28-7-6-19(13-28)29-8-9-30(22(31)14-29)12-16-4-5-20-21(10-16)26-15-27-23(20)25/h1-5,10-11,15,19H,6-9,12-14H2,(H2,25,26,27). The van der Waals surface area contributed by atoms with E-state index in [1.54, 1.807) is 0 Å². The first-order chi connectivity index (χ1) is 15.1. The summed E-state index contributed by atoms with van der Waals surface area (Å²) >= 11 is 6.15. The Morgan fingerprint density at radius 2 is 2.00 bits per heavy atom. The van der Waals surface area contributed by atoms with Crippen molar-refractivity contribution in [3.63, 3.8) is 0 Å². The summed E-state index contributed by atoms with van der Waals surface area (Å²) < 4.78 is 0. The highest BCUT2D eigenvalue weighted by atomic mass is 35.5. The average molecular weight is 437 g/mol. The lowest BCUT2D eigenvalue weighted by Crippen LogP contribution is -2.53. The van der Waals surface area contributed by atoms with Crippen molar-refractivity contribution in [1.29, 1.82) is 0 Å². The molecule has 7 nitrogen and oxygen atoms in total. The second kappa shape index (κ2) is 8.32. The van der Waals surface area contributed by atoms with Crippen LogP contribution in [0.5, 0.6) is 0 Å². The van der Waals surface area contributed by atoms with Gasteiger partial charge >= 0.3 is 0 Å². The minimum atomic E-state index is 0.176. The number of nitrogens with zero attached hydrogens (tertiary/aromatic N) is 5. The number of nitrogens with two attached hydrogens (primary N) is 1. The molecule has 2 N–H and O–H groups in total. The molecule has 31 heavy (non-hydrogen) atoms. The summed E-state index contributed by atoms with van der Waals surface area (Å²) in [6.07, 6.45) is 2.53. The monoisotopic (exact) mass is 436 g/mol. The van der Waals surface area contributed by atoms with Crippen LogP contribution in [0.4, 0.5) is 11.5 Å². The number of fused-ring (bicyclic) bond motifs is 1. The van der Waals surface area contributed by atoms with E-state index in [-0.39, 0.29) is 5.91 Å². The molecule has 1 aromatic heterocycles. The van der Waals surface area contributed by atoms with E-state index in [9.17, 15) is 4.79 Å². The molecule has 2 aliphatic heterocycles. The highest BCUT2D eigenvalue weighted by Gasteiger charge is 2.33. The van der Waals surface area contributed by atoms with Crippen LogP contribution in [-0.2, 0) is 11.3 Å². The first-order valence-electron chi connectivity index (χ1n) is 10.6. The maximum atomic E-state index is 12.9. The van der Waals surface area contributed by atoms with Crippen LogP contribution in [-0.4, -0.2) is 64.4 Å². The molecule has 2 fully saturated rings. The number of nitrogen functional groups attached to an aromatic ring is 1. The molecule has 3 aromatic rings. The van der Waals surface area contributed by atoms with Gasteiger partial charge in [-0.15, -0.1) is 0 Å². The number of piperazine rings is 1. The minimum Gasteiger partial charge on any atom is -0.383 e. The minimum absolute atomic E-state index is 0.176. The molecule has 1 atom stereocenters. The Morgan fingerprint density at radius 1 is 1.10 bits per heavy atom. The SMILES string of the molecule is Nc1ncnc2cc(CN3CCN(C4CCN(c5cccc(Cl)c5)C4)CC3=O)ccc12. The number of carbonyl (C=O) groups is 1. The molecule has 3 heterocycles. The first kappa shape index (κ1) is 20.0. The normalized spacial score (nSPS) is 20.0. The van der Waals surface area contributed by atoms with Crippen molar-refractivity contribution in [2.45, 2.75) is 19.0 Å². The Hall–Kier alpha value is -2.90. The van der Waals surface area contributed by atoms with Crippen LogP contribution < -0.4 is 10.6 Å². The Morgan fingerprint density at radius 3 is 2.84 bits per heavy atom. The zero-order valence-corrected chi connectivity index (χ0v) is 18.0. The highest BCUT2D eigenvalue weighted by molar-refractivity contribution is 6.30. The third-order valence-electron chi connectivity index (χ3n) is 6.31. The number of aromatic nitrogens is 2. The largest absolute Gasteiger partial charge is 0.383 e. The lowest BCUT2D eigenvalue weighted by Gasteiger charge is -2.37. The molecule has 2 aromatic carbocycles. The summed E-state index contributed by atoms with van der Waals surface area (Å²) in [5.74, 6) is 0.652. The van der Waals surface area contributed by atoms with Crippen molar-refractivity contribution < 1.29 is 4.79 Å². The third-order valence-corrected chi connectivity index (χ3v) is 6.54. The van der Waals surface area contributed by atoms with Gasteiger partial charge in [-0.1, -0.05) is 23.7 Å². The van der Waals surface area contributed by atoms with E-state index < -0.39 is 0 Å². The topological polar surface area (TPSA) is 78.6 Å². The van der Waals surface area contributed by atoms with Gasteiger partial charge in [0.1, 0.15) is 12.1 Å². The summed E-state index contributed by atoms with van der Waals surface area (Å²) in [6.45, 7) is 4.60. The van der Waals surface area contributed by atoms with Crippen LogP contribution in [0.15, 0.2) is 48.8 Å². The van der Waals surface area contributed by atoms with Gasteiger partial charge in [0.2, 0.25) is 5.91 Å². The molecule has 1 amide bonds. The second-order valence-electron chi connectivity index (χ2n) is 8.26. The number of hydrogen-bond acceptors (Lipinski definition) is 6. The van der Waals surface area contributed by atoms with Gasteiger partial charge in [-0.2, -0.15) is 0 Å². The Kier molecular flexibility index (Phi) is 5.38. The molecule has 160 valence electrons. The fourth-order valence-electron chi connectivity index (χ4n) is 4.59. The molecule has 2 saturated heterocycles. The molecule has 1 unspecified atom stereocenters. The van der Waals surface area contributed by atoms with E-state index in [1.807, 2.05) is 41.3 Å². The van der Waals surface area contributed by atoms with Crippen LogP contribution in [0.25, 0.3) is 10.9 Å². The number of carbonyl (C=O) groups excluding carboxylic acids is 1. The Labute approximate surface area is 186 Å². The number of halogens is 1. The van der Waals surface area contributed by atoms with E-state index in [4.69, 9.17) is 17.3 Å². The maximum Gasteiger partial charge on any atom is 0.237 e. The van der Waals surface area contributed by atoms with E-state index in [1.165, 1.54) is 6.33 Å². The highest BCUT2D eigenvalue weighted by Crippen LogP contribution is 2.26. The summed E-state index contributed by atoms with van der Waals surface area (Å²) in [5.41, 5.74) is 8.93. The van der Waals surface area contributed by atoms with Crippen molar-refractivity contribution in [3.8, 4) is 0 Å². The van der Waals surface area contributed by atoms with Gasteiger partial charge in [0.15, 0.2) is 0 Å². The van der Waals surface area contributed by atoms with Gasteiger partial charge in [-0.25, -0.2) is 9.97 Å². The van der Waals surface area contributed by atoms with Crippen LogP contribution >= 0.6 is 11.6 Å². The predicted molar refractivity (Wildman–Crippen MR) is 123 cm³/mol. The smallest absolute Gasteiger partial charge is 0.237 e. The number of amides is 1. The zero-order valence-electron chi connectivity index (χ0n) is 17.2. The van der Waals surface area contributed by atoms with Crippen molar-refractivity contribution >= 4 is 39.9 Å². The fraction of sp³-hybridized carbons (Fsp3) is 0.348. The summed E-state index contributed by atoms with van der Waals surface area (Å²) in [6, 6.07) is 14.3. The number of anilines is 2. The quantitative estimate of drug-likeness (QED) is 0.677. The molecular formula is C23H25ClN6O. The zero-order chi connectivity index (χ0) is 21.4. The summed E-state index contributed by atoms with van der Waals surface area (Å²) in [4.78, 5) is 27.8. The molecule has 0 aliphatic carbocycles. The fourth-order valence-corrected chi connectivity index (χ4v) is 4.78. The van der Waals surface area contributed by atoms with Crippen molar-refractivity contribution in [2.24, 2.45) is 0 Å². The number of rotatable bonds is 4. The van der Waals surface area contributed by atoms with E-state index in [0.29, 0.717) is 24.9 Å². The van der Waals surface area contributed by atoms with Crippen molar-refractivity contribution in [1.82, 2.24) is 19.8 Å². The molecule has 8 heteroatoms. The van der Waals surface area contributed by atoms with Crippen LogP contribution in [0.1, 0.15) is 12.0 Å². The number of benzene rings is 2. The molecule has 2 aliphatic rings. The molecule has 0 bridgehead atoms.